The molecule has 20 heavy (non-hydrogen) atoms. The number of aromatic nitrogens is 1. The van der Waals surface area contributed by atoms with Crippen LogP contribution in [0.2, 0.25) is 5.02 Å². The molecule has 6 heteroatoms. The molecule has 0 aliphatic heterocycles. The van der Waals surface area contributed by atoms with E-state index in [9.17, 15) is 10.1 Å². The lowest BCUT2D eigenvalue weighted by atomic mass is 10.1. The third-order valence-corrected chi connectivity index (χ3v) is 3.21. The standard InChI is InChI=1S/C14H14ClN3O2/c1-10(13-4-2-3-7-16-13)17-9-11-5-6-12(15)8-14(11)18(19)20/h2-8,10,17H,9H2,1H3/t10-/m0/s1. The number of rotatable bonds is 5. The van der Waals surface area contributed by atoms with Crippen molar-refractivity contribution in [3.8, 4) is 0 Å². The first-order valence-corrected chi connectivity index (χ1v) is 6.53. The van der Waals surface area contributed by atoms with Crippen LogP contribution in [0.3, 0.4) is 0 Å². The van der Waals surface area contributed by atoms with Gasteiger partial charge in [-0.25, -0.2) is 0 Å². The van der Waals surface area contributed by atoms with Gasteiger partial charge in [0.05, 0.1) is 10.6 Å². The van der Waals surface area contributed by atoms with Crippen molar-refractivity contribution in [1.29, 1.82) is 0 Å². The SMILES string of the molecule is C[C@H](NCc1ccc(Cl)cc1[N+](=O)[O-])c1ccccn1. The van der Waals surface area contributed by atoms with Crippen molar-refractivity contribution in [3.63, 3.8) is 0 Å². The molecule has 0 bridgehead atoms. The van der Waals surface area contributed by atoms with Crippen molar-refractivity contribution in [2.45, 2.75) is 19.5 Å². The lowest BCUT2D eigenvalue weighted by Gasteiger charge is -2.13. The Morgan fingerprint density at radius 3 is 2.85 bits per heavy atom. The fourth-order valence-electron chi connectivity index (χ4n) is 1.86. The number of nitro benzene ring substituents is 1. The van der Waals surface area contributed by atoms with Crippen LogP contribution < -0.4 is 5.32 Å². The number of hydrogen-bond donors (Lipinski definition) is 1. The summed E-state index contributed by atoms with van der Waals surface area (Å²) in [5, 5.41) is 14.6. The van der Waals surface area contributed by atoms with E-state index in [0.29, 0.717) is 17.1 Å². The molecule has 5 nitrogen and oxygen atoms in total. The molecule has 0 aliphatic carbocycles. The number of nitro groups is 1. The topological polar surface area (TPSA) is 68.1 Å². The van der Waals surface area contributed by atoms with E-state index in [1.165, 1.54) is 6.07 Å². The van der Waals surface area contributed by atoms with Gasteiger partial charge in [0.1, 0.15) is 0 Å². The molecule has 0 radical (unpaired) electrons. The van der Waals surface area contributed by atoms with Gasteiger partial charge < -0.3 is 5.32 Å². The second-order valence-electron chi connectivity index (χ2n) is 4.39. The zero-order chi connectivity index (χ0) is 14.5. The summed E-state index contributed by atoms with van der Waals surface area (Å²) < 4.78 is 0. The van der Waals surface area contributed by atoms with Gasteiger partial charge >= 0.3 is 0 Å². The predicted octanol–water partition coefficient (Wildman–Crippen LogP) is 3.49. The average Bonchev–Trinajstić information content (AvgIpc) is 2.46. The van der Waals surface area contributed by atoms with Gasteiger partial charge in [0.25, 0.3) is 5.69 Å². The van der Waals surface area contributed by atoms with E-state index in [1.807, 2.05) is 25.1 Å². The van der Waals surface area contributed by atoms with Crippen LogP contribution in [-0.4, -0.2) is 9.91 Å². The van der Waals surface area contributed by atoms with Crippen molar-refractivity contribution < 1.29 is 4.92 Å². The number of nitrogens with zero attached hydrogens (tertiary/aromatic N) is 2. The molecule has 0 spiro atoms. The first-order valence-electron chi connectivity index (χ1n) is 6.15. The zero-order valence-corrected chi connectivity index (χ0v) is 11.7. The van der Waals surface area contributed by atoms with Crippen molar-refractivity contribution in [3.05, 3.63) is 69.0 Å². The van der Waals surface area contributed by atoms with Gasteiger partial charge in [-0.2, -0.15) is 0 Å². The Morgan fingerprint density at radius 1 is 1.40 bits per heavy atom. The Balaban J connectivity index is 2.09. The maximum atomic E-state index is 11.0. The number of halogens is 1. The monoisotopic (exact) mass is 291 g/mol. The summed E-state index contributed by atoms with van der Waals surface area (Å²) in [4.78, 5) is 14.8. The highest BCUT2D eigenvalue weighted by atomic mass is 35.5. The number of nitrogens with one attached hydrogen (secondary N) is 1. The highest BCUT2D eigenvalue weighted by molar-refractivity contribution is 6.30. The fraction of sp³-hybridized carbons (Fsp3) is 0.214. The lowest BCUT2D eigenvalue weighted by molar-refractivity contribution is -0.385. The summed E-state index contributed by atoms with van der Waals surface area (Å²) in [5.74, 6) is 0. The molecule has 0 fully saturated rings. The van der Waals surface area contributed by atoms with E-state index in [2.05, 4.69) is 10.3 Å². The Morgan fingerprint density at radius 2 is 2.20 bits per heavy atom. The van der Waals surface area contributed by atoms with Crippen LogP contribution >= 0.6 is 11.6 Å². The van der Waals surface area contributed by atoms with Crippen LogP contribution in [-0.2, 0) is 6.54 Å². The maximum Gasteiger partial charge on any atom is 0.275 e. The van der Waals surface area contributed by atoms with E-state index in [-0.39, 0.29) is 11.7 Å². The van der Waals surface area contributed by atoms with E-state index in [4.69, 9.17) is 11.6 Å². The summed E-state index contributed by atoms with van der Waals surface area (Å²) in [6, 6.07) is 10.4. The quantitative estimate of drug-likeness (QED) is 0.676. The third-order valence-electron chi connectivity index (χ3n) is 2.97. The minimum absolute atomic E-state index is 0.00600. The molecule has 1 atom stereocenters. The van der Waals surface area contributed by atoms with Crippen LogP contribution in [0.5, 0.6) is 0 Å². The number of benzene rings is 1. The van der Waals surface area contributed by atoms with Gasteiger partial charge in [0.2, 0.25) is 0 Å². The summed E-state index contributed by atoms with van der Waals surface area (Å²) in [6.45, 7) is 2.34. The van der Waals surface area contributed by atoms with E-state index in [1.54, 1.807) is 18.3 Å². The molecule has 0 saturated heterocycles. The van der Waals surface area contributed by atoms with Crippen molar-refractivity contribution >= 4 is 17.3 Å². The molecule has 1 heterocycles. The Kier molecular flexibility index (Phi) is 4.65. The summed E-state index contributed by atoms with van der Waals surface area (Å²) in [7, 11) is 0. The second-order valence-corrected chi connectivity index (χ2v) is 4.82. The zero-order valence-electron chi connectivity index (χ0n) is 10.9. The van der Waals surface area contributed by atoms with Crippen LogP contribution in [0.25, 0.3) is 0 Å². The molecule has 0 unspecified atom stereocenters. The van der Waals surface area contributed by atoms with Crippen LogP contribution in [0.1, 0.15) is 24.2 Å². The van der Waals surface area contributed by atoms with Crippen LogP contribution in [0.15, 0.2) is 42.6 Å². The second kappa shape index (κ2) is 6.45. The highest BCUT2D eigenvalue weighted by Crippen LogP contribution is 2.23. The van der Waals surface area contributed by atoms with Crippen LogP contribution in [0, 0.1) is 10.1 Å². The first-order chi connectivity index (χ1) is 9.58. The average molecular weight is 292 g/mol. The van der Waals surface area contributed by atoms with E-state index < -0.39 is 4.92 Å². The van der Waals surface area contributed by atoms with Gasteiger partial charge in [-0.15, -0.1) is 0 Å². The Bertz CT molecular complexity index is 605. The smallest absolute Gasteiger partial charge is 0.275 e. The normalized spacial score (nSPS) is 12.1. The molecule has 104 valence electrons. The van der Waals surface area contributed by atoms with Crippen molar-refractivity contribution in [1.82, 2.24) is 10.3 Å². The lowest BCUT2D eigenvalue weighted by Crippen LogP contribution is -2.19. The molecule has 1 N–H and O–H groups in total. The molecular formula is C14H14ClN3O2. The Labute approximate surface area is 121 Å². The minimum Gasteiger partial charge on any atom is -0.304 e. The van der Waals surface area contributed by atoms with E-state index >= 15 is 0 Å². The number of hydrogen-bond acceptors (Lipinski definition) is 4. The van der Waals surface area contributed by atoms with Gasteiger partial charge in [-0.3, -0.25) is 15.1 Å². The number of pyridine rings is 1. The van der Waals surface area contributed by atoms with Gasteiger partial charge in [-0.1, -0.05) is 17.7 Å². The highest BCUT2D eigenvalue weighted by Gasteiger charge is 2.15. The summed E-state index contributed by atoms with van der Waals surface area (Å²) >= 11 is 5.78. The van der Waals surface area contributed by atoms with Crippen molar-refractivity contribution in [2.75, 3.05) is 0 Å². The van der Waals surface area contributed by atoms with Gasteiger partial charge in [0.15, 0.2) is 0 Å². The van der Waals surface area contributed by atoms with Crippen molar-refractivity contribution in [2.24, 2.45) is 0 Å². The summed E-state index contributed by atoms with van der Waals surface area (Å²) in [6.07, 6.45) is 1.72. The molecule has 0 aliphatic rings. The Hall–Kier alpha value is -1.98. The molecule has 0 saturated carbocycles. The largest absolute Gasteiger partial charge is 0.304 e. The maximum absolute atomic E-state index is 11.0. The first kappa shape index (κ1) is 14.4. The van der Waals surface area contributed by atoms with E-state index in [0.717, 1.165) is 5.69 Å². The van der Waals surface area contributed by atoms with Crippen LogP contribution in [0.4, 0.5) is 5.69 Å². The van der Waals surface area contributed by atoms with Gasteiger partial charge in [0, 0.05) is 35.4 Å². The molecule has 1 aromatic carbocycles. The molecule has 0 amide bonds. The van der Waals surface area contributed by atoms with Gasteiger partial charge in [-0.05, 0) is 31.2 Å². The summed E-state index contributed by atoms with van der Waals surface area (Å²) in [5.41, 5.74) is 1.52. The predicted molar refractivity (Wildman–Crippen MR) is 77.6 cm³/mol. The molecular weight excluding hydrogens is 278 g/mol. The molecule has 2 aromatic rings. The fourth-order valence-corrected chi connectivity index (χ4v) is 2.02. The molecule has 1 aromatic heterocycles. The molecule has 2 rings (SSSR count). The third kappa shape index (κ3) is 3.53. The minimum atomic E-state index is -0.422.